The third-order valence-electron chi connectivity index (χ3n) is 4.61. The van der Waals surface area contributed by atoms with E-state index in [1.54, 1.807) is 48.5 Å². The molecule has 2 amide bonds. The van der Waals surface area contributed by atoms with Gasteiger partial charge in [0, 0.05) is 25.6 Å². The first-order valence-corrected chi connectivity index (χ1v) is 11.4. The monoisotopic (exact) mass is 547 g/mol. The van der Waals surface area contributed by atoms with Crippen molar-refractivity contribution in [1.82, 2.24) is 5.43 Å². The number of nitrogens with one attached hydrogen (secondary N) is 2. The van der Waals surface area contributed by atoms with Crippen LogP contribution in [0.4, 0.5) is 5.69 Å². The van der Waals surface area contributed by atoms with Crippen molar-refractivity contribution in [2.24, 2.45) is 11.0 Å². The Bertz CT molecular complexity index is 1190. The maximum atomic E-state index is 12.4. The van der Waals surface area contributed by atoms with E-state index in [-0.39, 0.29) is 6.61 Å². The van der Waals surface area contributed by atoms with Crippen LogP contribution in [-0.4, -0.2) is 18.0 Å². The Labute approximate surface area is 210 Å². The third kappa shape index (κ3) is 7.05. The SMILES string of the molecule is CC(C(=O)NN=Cc1ccccc1OCc1ccc(Cl)cc1Cl)C(=O)Nc1ccccc1Br. The Morgan fingerprint density at radius 2 is 1.79 bits per heavy atom. The van der Waals surface area contributed by atoms with Crippen LogP contribution in [0.25, 0.3) is 0 Å². The summed E-state index contributed by atoms with van der Waals surface area (Å²) in [6.45, 7) is 1.74. The average Bonchev–Trinajstić information content (AvgIpc) is 2.80. The summed E-state index contributed by atoms with van der Waals surface area (Å²) in [4.78, 5) is 24.7. The second-order valence-corrected chi connectivity index (χ2v) is 8.69. The number of benzene rings is 3. The summed E-state index contributed by atoms with van der Waals surface area (Å²) >= 11 is 15.5. The number of ether oxygens (including phenoxy) is 1. The van der Waals surface area contributed by atoms with E-state index < -0.39 is 17.7 Å². The van der Waals surface area contributed by atoms with Gasteiger partial charge in [-0.05, 0) is 59.3 Å². The molecule has 0 aromatic heterocycles. The number of para-hydroxylation sites is 2. The van der Waals surface area contributed by atoms with Crippen LogP contribution in [0.5, 0.6) is 5.75 Å². The summed E-state index contributed by atoms with van der Waals surface area (Å²) in [5.74, 6) is -1.38. The molecule has 2 N–H and O–H groups in total. The highest BCUT2D eigenvalue weighted by Gasteiger charge is 2.21. The second kappa shape index (κ2) is 11.8. The van der Waals surface area contributed by atoms with Crippen molar-refractivity contribution in [1.29, 1.82) is 0 Å². The normalized spacial score (nSPS) is 11.8. The Morgan fingerprint density at radius 3 is 2.55 bits per heavy atom. The van der Waals surface area contributed by atoms with Crippen molar-refractivity contribution < 1.29 is 14.3 Å². The molecule has 0 aliphatic heterocycles. The quantitative estimate of drug-likeness (QED) is 0.204. The Hall–Kier alpha value is -2.87. The van der Waals surface area contributed by atoms with Crippen molar-refractivity contribution in [3.63, 3.8) is 0 Å². The van der Waals surface area contributed by atoms with Gasteiger partial charge in [-0.2, -0.15) is 5.10 Å². The summed E-state index contributed by atoms with van der Waals surface area (Å²) in [5, 5.41) is 7.75. The van der Waals surface area contributed by atoms with Gasteiger partial charge in [-0.1, -0.05) is 53.5 Å². The summed E-state index contributed by atoms with van der Waals surface area (Å²) in [6, 6.07) is 19.5. The molecule has 33 heavy (non-hydrogen) atoms. The van der Waals surface area contributed by atoms with Crippen LogP contribution in [0.1, 0.15) is 18.1 Å². The average molecular weight is 549 g/mol. The molecule has 0 aliphatic carbocycles. The van der Waals surface area contributed by atoms with Gasteiger partial charge < -0.3 is 10.1 Å². The molecule has 0 spiro atoms. The van der Waals surface area contributed by atoms with E-state index in [1.807, 2.05) is 18.2 Å². The van der Waals surface area contributed by atoms with Crippen LogP contribution in [-0.2, 0) is 16.2 Å². The Morgan fingerprint density at radius 1 is 1.06 bits per heavy atom. The molecular weight excluding hydrogens is 529 g/mol. The summed E-state index contributed by atoms with van der Waals surface area (Å²) in [6.07, 6.45) is 1.45. The number of rotatable bonds is 8. The lowest BCUT2D eigenvalue weighted by Crippen LogP contribution is -2.34. The number of anilines is 1. The predicted molar refractivity (Wildman–Crippen MR) is 135 cm³/mol. The zero-order valence-corrected chi connectivity index (χ0v) is 20.6. The fraction of sp³-hybridized carbons (Fsp3) is 0.125. The lowest BCUT2D eigenvalue weighted by molar-refractivity contribution is -0.131. The molecule has 3 rings (SSSR count). The van der Waals surface area contributed by atoms with Crippen LogP contribution >= 0.6 is 39.1 Å². The van der Waals surface area contributed by atoms with E-state index in [0.717, 1.165) is 10.0 Å². The summed E-state index contributed by atoms with van der Waals surface area (Å²) < 4.78 is 6.59. The highest BCUT2D eigenvalue weighted by atomic mass is 79.9. The third-order valence-corrected chi connectivity index (χ3v) is 5.89. The van der Waals surface area contributed by atoms with E-state index in [1.165, 1.54) is 13.1 Å². The first kappa shape index (κ1) is 24.8. The number of hydrogen-bond donors (Lipinski definition) is 2. The van der Waals surface area contributed by atoms with Crippen molar-refractivity contribution in [2.75, 3.05) is 5.32 Å². The largest absolute Gasteiger partial charge is 0.488 e. The Balaban J connectivity index is 1.59. The number of carbonyl (C=O) groups excluding carboxylic acids is 2. The fourth-order valence-electron chi connectivity index (χ4n) is 2.70. The number of hydrogen-bond acceptors (Lipinski definition) is 4. The molecule has 1 unspecified atom stereocenters. The van der Waals surface area contributed by atoms with Crippen LogP contribution in [0.15, 0.2) is 76.3 Å². The van der Waals surface area contributed by atoms with Crippen LogP contribution in [0.3, 0.4) is 0 Å². The molecule has 0 saturated heterocycles. The van der Waals surface area contributed by atoms with Crippen molar-refractivity contribution in [2.45, 2.75) is 13.5 Å². The molecule has 3 aromatic rings. The maximum absolute atomic E-state index is 12.4. The molecule has 0 bridgehead atoms. The van der Waals surface area contributed by atoms with Gasteiger partial charge in [-0.3, -0.25) is 9.59 Å². The van der Waals surface area contributed by atoms with Crippen LogP contribution in [0.2, 0.25) is 10.0 Å². The highest BCUT2D eigenvalue weighted by Crippen LogP contribution is 2.24. The number of carbonyl (C=O) groups is 2. The molecule has 3 aromatic carbocycles. The lowest BCUT2D eigenvalue weighted by Gasteiger charge is -2.12. The summed E-state index contributed by atoms with van der Waals surface area (Å²) in [5.41, 5.74) is 4.41. The van der Waals surface area contributed by atoms with Gasteiger partial charge in [-0.25, -0.2) is 5.43 Å². The molecule has 0 saturated carbocycles. The maximum Gasteiger partial charge on any atom is 0.252 e. The minimum atomic E-state index is -0.951. The Kier molecular flexibility index (Phi) is 8.88. The smallest absolute Gasteiger partial charge is 0.252 e. The van der Waals surface area contributed by atoms with E-state index in [0.29, 0.717) is 27.0 Å². The van der Waals surface area contributed by atoms with Gasteiger partial charge >= 0.3 is 0 Å². The van der Waals surface area contributed by atoms with Crippen molar-refractivity contribution in [3.8, 4) is 5.75 Å². The molecule has 170 valence electrons. The molecule has 0 fully saturated rings. The molecule has 0 heterocycles. The molecule has 6 nitrogen and oxygen atoms in total. The van der Waals surface area contributed by atoms with Gasteiger partial charge in [0.25, 0.3) is 5.91 Å². The molecule has 0 radical (unpaired) electrons. The van der Waals surface area contributed by atoms with Gasteiger partial charge in [0.2, 0.25) is 5.91 Å². The van der Waals surface area contributed by atoms with E-state index >= 15 is 0 Å². The van der Waals surface area contributed by atoms with Gasteiger partial charge in [0.15, 0.2) is 0 Å². The van der Waals surface area contributed by atoms with Gasteiger partial charge in [0.1, 0.15) is 18.3 Å². The lowest BCUT2D eigenvalue weighted by atomic mass is 10.1. The molecule has 1 atom stereocenters. The van der Waals surface area contributed by atoms with Crippen molar-refractivity contribution in [3.05, 3.63) is 92.4 Å². The minimum Gasteiger partial charge on any atom is -0.488 e. The van der Waals surface area contributed by atoms with E-state index in [2.05, 4.69) is 31.8 Å². The number of halogens is 3. The molecule has 0 aliphatic rings. The number of nitrogens with zero attached hydrogens (tertiary/aromatic N) is 1. The number of amides is 2. The van der Waals surface area contributed by atoms with Crippen LogP contribution in [0, 0.1) is 5.92 Å². The zero-order valence-electron chi connectivity index (χ0n) is 17.5. The first-order chi connectivity index (χ1) is 15.8. The summed E-state index contributed by atoms with van der Waals surface area (Å²) in [7, 11) is 0. The van der Waals surface area contributed by atoms with Gasteiger partial charge in [0.05, 0.1) is 11.9 Å². The first-order valence-electron chi connectivity index (χ1n) is 9.89. The van der Waals surface area contributed by atoms with Crippen LogP contribution < -0.4 is 15.5 Å². The topological polar surface area (TPSA) is 79.8 Å². The number of hydrazone groups is 1. The molecule has 9 heteroatoms. The fourth-order valence-corrected chi connectivity index (χ4v) is 3.54. The minimum absolute atomic E-state index is 0.236. The predicted octanol–water partition coefficient (Wildman–Crippen LogP) is 6.06. The van der Waals surface area contributed by atoms with E-state index in [9.17, 15) is 9.59 Å². The van der Waals surface area contributed by atoms with Crippen molar-refractivity contribution >= 4 is 62.8 Å². The van der Waals surface area contributed by atoms with Gasteiger partial charge in [-0.15, -0.1) is 0 Å². The molecular formula is C24H20BrCl2N3O3. The standard InChI is InChI=1S/C24H20BrCl2N3O3/c1-15(23(31)29-21-8-4-3-7-19(21)25)24(32)30-28-13-16-6-2-5-9-22(16)33-14-17-10-11-18(26)12-20(17)27/h2-13,15H,14H2,1H3,(H,29,31)(H,30,32). The zero-order chi connectivity index (χ0) is 23.8. The highest BCUT2D eigenvalue weighted by molar-refractivity contribution is 9.10. The van der Waals surface area contributed by atoms with E-state index in [4.69, 9.17) is 27.9 Å². The second-order valence-electron chi connectivity index (χ2n) is 6.99.